The monoisotopic (exact) mass is 370 g/mol. The van der Waals surface area contributed by atoms with Crippen molar-refractivity contribution in [2.45, 2.75) is 39.3 Å². The van der Waals surface area contributed by atoms with Gasteiger partial charge in [-0.05, 0) is 59.7 Å². The lowest BCUT2D eigenvalue weighted by Crippen LogP contribution is -2.08. The molecule has 0 radical (unpaired) electrons. The van der Waals surface area contributed by atoms with Gasteiger partial charge in [0, 0.05) is 22.2 Å². The van der Waals surface area contributed by atoms with E-state index in [1.54, 1.807) is 0 Å². The molecule has 0 spiro atoms. The zero-order valence-corrected chi connectivity index (χ0v) is 13.5. The molecule has 1 aromatic heterocycles. The van der Waals surface area contributed by atoms with Crippen molar-refractivity contribution in [3.8, 4) is 0 Å². The lowest BCUT2D eigenvalue weighted by Gasteiger charge is -2.12. The Morgan fingerprint density at radius 2 is 1.95 bits per heavy atom. The Balaban J connectivity index is 2.15. The molecule has 0 saturated carbocycles. The van der Waals surface area contributed by atoms with E-state index in [1.165, 1.54) is 3.57 Å². The van der Waals surface area contributed by atoms with Crippen LogP contribution in [0.2, 0.25) is 0 Å². The Hall–Kier alpha value is -0.880. The highest BCUT2D eigenvalue weighted by atomic mass is 127. The van der Waals surface area contributed by atoms with Crippen LogP contribution in [0.15, 0.2) is 30.3 Å². The molecule has 1 unspecified atom stereocenters. The van der Waals surface area contributed by atoms with E-state index in [2.05, 4.69) is 47.6 Å². The molecular formula is C15H19IN2O. The number of aliphatic hydroxyl groups excluding tert-OH is 1. The Morgan fingerprint density at radius 1 is 1.26 bits per heavy atom. The average Bonchev–Trinajstić information content (AvgIpc) is 2.81. The number of hydrogen-bond acceptors (Lipinski definition) is 2. The quantitative estimate of drug-likeness (QED) is 0.820. The van der Waals surface area contributed by atoms with Gasteiger partial charge in [0.15, 0.2) is 0 Å². The second kappa shape index (κ2) is 6.52. The third kappa shape index (κ3) is 3.57. The van der Waals surface area contributed by atoms with Gasteiger partial charge in [0.1, 0.15) is 0 Å². The minimum Gasteiger partial charge on any atom is -0.388 e. The van der Waals surface area contributed by atoms with Crippen LogP contribution >= 0.6 is 22.6 Å². The van der Waals surface area contributed by atoms with Gasteiger partial charge < -0.3 is 5.11 Å². The van der Waals surface area contributed by atoms with Crippen LogP contribution in [0.4, 0.5) is 0 Å². The van der Waals surface area contributed by atoms with Gasteiger partial charge >= 0.3 is 0 Å². The Bertz CT molecular complexity index is 534. The van der Waals surface area contributed by atoms with E-state index < -0.39 is 6.10 Å². The first-order chi connectivity index (χ1) is 9.13. The summed E-state index contributed by atoms with van der Waals surface area (Å²) in [5, 5.41) is 14.8. The predicted molar refractivity (Wildman–Crippen MR) is 85.1 cm³/mol. The van der Waals surface area contributed by atoms with E-state index in [0.29, 0.717) is 6.42 Å². The fourth-order valence-corrected chi connectivity index (χ4v) is 2.49. The Labute approximate surface area is 127 Å². The summed E-state index contributed by atoms with van der Waals surface area (Å²) in [7, 11) is 0. The summed E-state index contributed by atoms with van der Waals surface area (Å²) in [5.41, 5.74) is 3.15. The van der Waals surface area contributed by atoms with Gasteiger partial charge in [0.2, 0.25) is 0 Å². The van der Waals surface area contributed by atoms with Crippen molar-refractivity contribution in [1.82, 2.24) is 9.78 Å². The minimum absolute atomic E-state index is 0.469. The molecule has 1 aromatic carbocycles. The maximum atomic E-state index is 10.3. The van der Waals surface area contributed by atoms with Gasteiger partial charge in [-0.3, -0.25) is 4.68 Å². The van der Waals surface area contributed by atoms with Crippen molar-refractivity contribution in [3.05, 3.63) is 50.9 Å². The van der Waals surface area contributed by atoms with Gasteiger partial charge in [0.25, 0.3) is 0 Å². The van der Waals surface area contributed by atoms with Gasteiger partial charge in [-0.2, -0.15) is 5.10 Å². The molecule has 2 rings (SSSR count). The maximum absolute atomic E-state index is 10.3. The summed E-state index contributed by atoms with van der Waals surface area (Å²) < 4.78 is 3.16. The van der Waals surface area contributed by atoms with Crippen molar-refractivity contribution in [3.63, 3.8) is 0 Å². The topological polar surface area (TPSA) is 38.0 Å². The number of aliphatic hydroxyl groups is 1. The van der Waals surface area contributed by atoms with E-state index in [4.69, 9.17) is 0 Å². The average molecular weight is 370 g/mol. The molecule has 0 bridgehead atoms. The van der Waals surface area contributed by atoms with Crippen molar-refractivity contribution in [1.29, 1.82) is 0 Å². The Kier molecular flexibility index (Phi) is 4.99. The van der Waals surface area contributed by atoms with Crippen molar-refractivity contribution < 1.29 is 5.11 Å². The standard InChI is InChI=1S/C15H19IN2O/c1-3-13-9-14(18(4-2)17-13)10-15(19)11-5-7-12(16)8-6-11/h5-9,15,19H,3-4,10H2,1-2H3. The summed E-state index contributed by atoms with van der Waals surface area (Å²) in [5.74, 6) is 0. The minimum atomic E-state index is -0.469. The number of rotatable bonds is 5. The zero-order valence-electron chi connectivity index (χ0n) is 11.3. The van der Waals surface area contributed by atoms with Crippen LogP contribution in [-0.2, 0) is 19.4 Å². The molecule has 2 aromatic rings. The molecule has 0 fully saturated rings. The molecule has 102 valence electrons. The molecule has 3 nitrogen and oxygen atoms in total. The van der Waals surface area contributed by atoms with Gasteiger partial charge in [-0.1, -0.05) is 19.1 Å². The largest absolute Gasteiger partial charge is 0.388 e. The molecule has 0 saturated heterocycles. The molecule has 0 amide bonds. The molecule has 1 N–H and O–H groups in total. The third-order valence-electron chi connectivity index (χ3n) is 3.23. The highest BCUT2D eigenvalue weighted by molar-refractivity contribution is 14.1. The molecule has 1 heterocycles. The van der Waals surface area contributed by atoms with Crippen LogP contribution in [0.25, 0.3) is 0 Å². The first-order valence-electron chi connectivity index (χ1n) is 6.63. The second-order valence-corrected chi connectivity index (χ2v) is 5.81. The molecule has 0 aliphatic heterocycles. The fraction of sp³-hybridized carbons (Fsp3) is 0.400. The van der Waals surface area contributed by atoms with E-state index >= 15 is 0 Å². The number of aromatic nitrogens is 2. The van der Waals surface area contributed by atoms with Crippen molar-refractivity contribution in [2.24, 2.45) is 0 Å². The molecular weight excluding hydrogens is 351 g/mol. The normalized spacial score (nSPS) is 12.6. The lowest BCUT2D eigenvalue weighted by atomic mass is 10.0. The van der Waals surface area contributed by atoms with E-state index in [9.17, 15) is 5.11 Å². The van der Waals surface area contributed by atoms with Crippen LogP contribution in [0, 0.1) is 3.57 Å². The van der Waals surface area contributed by atoms with Crippen molar-refractivity contribution >= 4 is 22.6 Å². The number of aryl methyl sites for hydroxylation is 2. The van der Waals surface area contributed by atoms with Gasteiger partial charge in [0.05, 0.1) is 11.8 Å². The maximum Gasteiger partial charge on any atom is 0.0845 e. The highest BCUT2D eigenvalue weighted by Crippen LogP contribution is 2.20. The van der Waals surface area contributed by atoms with Crippen LogP contribution in [0.3, 0.4) is 0 Å². The number of hydrogen-bond donors (Lipinski definition) is 1. The third-order valence-corrected chi connectivity index (χ3v) is 3.95. The van der Waals surface area contributed by atoms with Crippen LogP contribution < -0.4 is 0 Å². The summed E-state index contributed by atoms with van der Waals surface area (Å²) in [6, 6.07) is 10.1. The van der Waals surface area contributed by atoms with Crippen molar-refractivity contribution in [2.75, 3.05) is 0 Å². The zero-order chi connectivity index (χ0) is 13.8. The lowest BCUT2D eigenvalue weighted by molar-refractivity contribution is 0.175. The Morgan fingerprint density at radius 3 is 2.53 bits per heavy atom. The first kappa shape index (κ1) is 14.5. The van der Waals surface area contributed by atoms with Crippen LogP contribution in [0.1, 0.15) is 36.9 Å². The van der Waals surface area contributed by atoms with Crippen LogP contribution in [-0.4, -0.2) is 14.9 Å². The summed E-state index contributed by atoms with van der Waals surface area (Å²) in [4.78, 5) is 0. The van der Waals surface area contributed by atoms with E-state index in [-0.39, 0.29) is 0 Å². The molecule has 4 heteroatoms. The SMILES string of the molecule is CCc1cc(CC(O)c2ccc(I)cc2)n(CC)n1. The molecule has 0 aliphatic rings. The molecule has 19 heavy (non-hydrogen) atoms. The van der Waals surface area contributed by atoms with Crippen LogP contribution in [0.5, 0.6) is 0 Å². The second-order valence-electron chi connectivity index (χ2n) is 4.57. The number of nitrogens with zero attached hydrogens (tertiary/aromatic N) is 2. The molecule has 0 aliphatic carbocycles. The summed E-state index contributed by atoms with van der Waals surface area (Å²) in [6.45, 7) is 5.02. The number of halogens is 1. The summed E-state index contributed by atoms with van der Waals surface area (Å²) >= 11 is 2.27. The van der Waals surface area contributed by atoms with E-state index in [0.717, 1.165) is 29.9 Å². The van der Waals surface area contributed by atoms with Gasteiger partial charge in [-0.15, -0.1) is 0 Å². The molecule has 1 atom stereocenters. The van der Waals surface area contributed by atoms with E-state index in [1.807, 2.05) is 28.9 Å². The predicted octanol–water partition coefficient (Wildman–Crippen LogP) is 3.35. The van der Waals surface area contributed by atoms with Gasteiger partial charge in [-0.25, -0.2) is 0 Å². The smallest absolute Gasteiger partial charge is 0.0845 e. The first-order valence-corrected chi connectivity index (χ1v) is 7.71. The highest BCUT2D eigenvalue weighted by Gasteiger charge is 2.13. The number of benzene rings is 1. The fourth-order valence-electron chi connectivity index (χ4n) is 2.13. The summed E-state index contributed by atoms with van der Waals surface area (Å²) in [6.07, 6.45) is 1.07.